The van der Waals surface area contributed by atoms with Crippen LogP contribution in [0.3, 0.4) is 0 Å². The van der Waals surface area contributed by atoms with E-state index >= 15 is 0 Å². The molecule has 0 atom stereocenters. The van der Waals surface area contributed by atoms with E-state index in [2.05, 4.69) is 11.6 Å². The summed E-state index contributed by atoms with van der Waals surface area (Å²) in [6.45, 7) is 11.4. The zero-order chi connectivity index (χ0) is 18.6. The van der Waals surface area contributed by atoms with Gasteiger partial charge in [0.15, 0.2) is 5.43 Å². The molecule has 0 spiro atoms. The number of aromatic nitrogens is 1. The fraction of sp³-hybridized carbons (Fsp3) is 0.286. The van der Waals surface area contributed by atoms with Gasteiger partial charge in [-0.25, -0.2) is 0 Å². The molecule has 0 aliphatic heterocycles. The first-order chi connectivity index (χ1) is 11.8. The van der Waals surface area contributed by atoms with Crippen molar-refractivity contribution in [2.24, 2.45) is 0 Å². The van der Waals surface area contributed by atoms with Crippen LogP contribution >= 0.6 is 0 Å². The van der Waals surface area contributed by atoms with Gasteiger partial charge in [-0.3, -0.25) is 4.79 Å². The lowest BCUT2D eigenvalue weighted by Gasteiger charge is -2.21. The third-order valence-corrected chi connectivity index (χ3v) is 4.19. The highest BCUT2D eigenvalue weighted by molar-refractivity contribution is 5.59. The van der Waals surface area contributed by atoms with Crippen LogP contribution in [0.2, 0.25) is 0 Å². The highest BCUT2D eigenvalue weighted by atomic mass is 16.6. The van der Waals surface area contributed by atoms with Gasteiger partial charge in [0.05, 0.1) is 12.7 Å². The Morgan fingerprint density at radius 2 is 2.12 bits per heavy atom. The van der Waals surface area contributed by atoms with Crippen LogP contribution in [0.25, 0.3) is 12.2 Å². The predicted molar refractivity (Wildman–Crippen MR) is 103 cm³/mol. The number of rotatable bonds is 6. The second kappa shape index (κ2) is 7.43. The van der Waals surface area contributed by atoms with Gasteiger partial charge in [-0.2, -0.15) is 0 Å². The second-order valence-electron chi connectivity index (χ2n) is 6.56. The first-order valence-electron chi connectivity index (χ1n) is 8.15. The highest BCUT2D eigenvalue weighted by Gasteiger charge is 2.28. The average Bonchev–Trinajstić information content (AvgIpc) is 3.08. The Morgan fingerprint density at radius 1 is 1.40 bits per heavy atom. The van der Waals surface area contributed by atoms with Crippen molar-refractivity contribution < 1.29 is 9.15 Å². The molecule has 4 heteroatoms. The van der Waals surface area contributed by atoms with E-state index in [1.165, 1.54) is 7.11 Å². The number of aromatic amines is 1. The summed E-state index contributed by atoms with van der Waals surface area (Å²) in [5.41, 5.74) is 2.45. The summed E-state index contributed by atoms with van der Waals surface area (Å²) in [5.74, 6) is 0.718. The summed E-state index contributed by atoms with van der Waals surface area (Å²) in [5, 5.41) is 0. The van der Waals surface area contributed by atoms with Crippen molar-refractivity contribution in [3.8, 4) is 5.95 Å². The van der Waals surface area contributed by atoms with Gasteiger partial charge in [0.2, 0.25) is 0 Å². The van der Waals surface area contributed by atoms with Crippen LogP contribution in [-0.4, -0.2) is 12.1 Å². The maximum Gasteiger partial charge on any atom is 0.292 e. The Bertz CT molecular complexity index is 865. The fourth-order valence-electron chi connectivity index (χ4n) is 2.51. The van der Waals surface area contributed by atoms with Gasteiger partial charge in [0.1, 0.15) is 5.76 Å². The van der Waals surface area contributed by atoms with Gasteiger partial charge in [0.25, 0.3) is 5.95 Å². The Morgan fingerprint density at radius 3 is 2.68 bits per heavy atom. The van der Waals surface area contributed by atoms with Crippen molar-refractivity contribution in [3.63, 3.8) is 0 Å². The average molecular weight is 339 g/mol. The molecule has 4 nitrogen and oxygen atoms in total. The van der Waals surface area contributed by atoms with Crippen LogP contribution in [0.4, 0.5) is 0 Å². The smallest absolute Gasteiger partial charge is 0.292 e. The zero-order valence-corrected chi connectivity index (χ0v) is 15.5. The SMILES string of the molecule is C=CC(C)(C)c1c(OC)oc(C=CC(C)=Cc2ccc[nH]2)c(C)c1=O. The molecule has 0 saturated heterocycles. The summed E-state index contributed by atoms with van der Waals surface area (Å²) in [6, 6.07) is 3.93. The van der Waals surface area contributed by atoms with E-state index in [-0.39, 0.29) is 11.4 Å². The van der Waals surface area contributed by atoms with Gasteiger partial charge in [-0.05, 0) is 43.7 Å². The lowest BCUT2D eigenvalue weighted by atomic mass is 9.84. The summed E-state index contributed by atoms with van der Waals surface area (Å²) < 4.78 is 11.2. The maximum atomic E-state index is 12.8. The third kappa shape index (κ3) is 4.02. The first-order valence-corrected chi connectivity index (χ1v) is 8.15. The van der Waals surface area contributed by atoms with Crippen LogP contribution in [0, 0.1) is 6.92 Å². The Hall–Kier alpha value is -2.75. The number of ether oxygens (including phenoxy) is 1. The van der Waals surface area contributed by atoms with Gasteiger partial charge >= 0.3 is 0 Å². The molecule has 0 aromatic carbocycles. The lowest BCUT2D eigenvalue weighted by Crippen LogP contribution is -2.26. The number of nitrogens with one attached hydrogen (secondary N) is 1. The summed E-state index contributed by atoms with van der Waals surface area (Å²) in [6.07, 6.45) is 9.30. The normalized spacial score (nSPS) is 12.6. The molecule has 2 aromatic heterocycles. The van der Waals surface area contributed by atoms with Crippen LogP contribution < -0.4 is 10.2 Å². The molecule has 0 unspecified atom stereocenters. The van der Waals surface area contributed by atoms with Gasteiger partial charge < -0.3 is 14.1 Å². The van der Waals surface area contributed by atoms with Crippen molar-refractivity contribution in [3.05, 3.63) is 75.4 Å². The molecule has 0 radical (unpaired) electrons. The minimum atomic E-state index is -0.539. The summed E-state index contributed by atoms with van der Waals surface area (Å²) in [4.78, 5) is 16.0. The van der Waals surface area contributed by atoms with E-state index in [4.69, 9.17) is 9.15 Å². The second-order valence-corrected chi connectivity index (χ2v) is 6.56. The summed E-state index contributed by atoms with van der Waals surface area (Å²) in [7, 11) is 1.50. The van der Waals surface area contributed by atoms with Crippen LogP contribution in [0.5, 0.6) is 5.95 Å². The molecule has 0 amide bonds. The van der Waals surface area contributed by atoms with Crippen molar-refractivity contribution in [2.45, 2.75) is 33.1 Å². The van der Waals surface area contributed by atoms with E-state index in [1.54, 1.807) is 19.1 Å². The number of allylic oxidation sites excluding steroid dienone is 3. The lowest BCUT2D eigenvalue weighted by molar-refractivity contribution is 0.281. The van der Waals surface area contributed by atoms with E-state index in [1.807, 2.05) is 51.3 Å². The molecule has 1 N–H and O–H groups in total. The molecule has 2 rings (SSSR count). The Balaban J connectivity index is 2.47. The standard InChI is InChI=1S/C21H25NO3/c1-7-21(4,5)18-19(23)15(3)17(25-20(18)24-6)11-10-14(2)13-16-9-8-12-22-16/h7-13,22H,1H2,2-6H3. The van der Waals surface area contributed by atoms with E-state index < -0.39 is 5.41 Å². The number of H-pyrrole nitrogens is 1. The van der Waals surface area contributed by atoms with Crippen LogP contribution in [0.15, 0.2) is 51.8 Å². The number of hydrogen-bond donors (Lipinski definition) is 1. The number of methoxy groups -OCH3 is 1. The van der Waals surface area contributed by atoms with Crippen LogP contribution in [-0.2, 0) is 5.41 Å². The molecule has 25 heavy (non-hydrogen) atoms. The van der Waals surface area contributed by atoms with E-state index in [9.17, 15) is 4.79 Å². The highest BCUT2D eigenvalue weighted by Crippen LogP contribution is 2.31. The molecule has 2 aromatic rings. The molecule has 0 bridgehead atoms. The molecule has 2 heterocycles. The van der Waals surface area contributed by atoms with Crippen molar-refractivity contribution in [2.75, 3.05) is 7.11 Å². The first kappa shape index (κ1) is 18.6. The van der Waals surface area contributed by atoms with E-state index in [0.29, 0.717) is 16.9 Å². The van der Waals surface area contributed by atoms with Gasteiger partial charge in [-0.1, -0.05) is 26.0 Å². The molecular weight excluding hydrogens is 314 g/mol. The van der Waals surface area contributed by atoms with E-state index in [0.717, 1.165) is 11.3 Å². The molecule has 132 valence electrons. The fourth-order valence-corrected chi connectivity index (χ4v) is 2.51. The minimum Gasteiger partial charge on any atom is -0.468 e. The van der Waals surface area contributed by atoms with Crippen LogP contribution in [0.1, 0.15) is 43.4 Å². The predicted octanol–water partition coefficient (Wildman–Crippen LogP) is 4.87. The molecular formula is C21H25NO3. The number of hydrogen-bond acceptors (Lipinski definition) is 3. The Kier molecular flexibility index (Phi) is 5.52. The van der Waals surface area contributed by atoms with Crippen molar-refractivity contribution in [1.29, 1.82) is 0 Å². The molecule has 0 saturated carbocycles. The quantitative estimate of drug-likeness (QED) is 0.604. The van der Waals surface area contributed by atoms with Crippen molar-refractivity contribution in [1.82, 2.24) is 4.98 Å². The third-order valence-electron chi connectivity index (χ3n) is 4.19. The topological polar surface area (TPSA) is 55.2 Å². The minimum absolute atomic E-state index is 0.0846. The maximum absolute atomic E-state index is 12.8. The van der Waals surface area contributed by atoms with Gasteiger partial charge in [0, 0.05) is 22.9 Å². The monoisotopic (exact) mass is 339 g/mol. The largest absolute Gasteiger partial charge is 0.468 e. The van der Waals surface area contributed by atoms with Gasteiger partial charge in [-0.15, -0.1) is 6.58 Å². The molecule has 0 aliphatic rings. The zero-order valence-electron chi connectivity index (χ0n) is 15.5. The van der Waals surface area contributed by atoms with Crippen molar-refractivity contribution >= 4 is 12.2 Å². The molecule has 0 aliphatic carbocycles. The summed E-state index contributed by atoms with van der Waals surface area (Å²) >= 11 is 0. The molecule has 0 fully saturated rings. The Labute approximate surface area is 148 Å².